The topological polar surface area (TPSA) is 69.6 Å². The van der Waals surface area contributed by atoms with Gasteiger partial charge < -0.3 is 15.3 Å². The lowest BCUT2D eigenvalue weighted by Crippen LogP contribution is -2.41. The number of nitrogens with one attached hydrogen (secondary N) is 1. The van der Waals surface area contributed by atoms with E-state index in [1.54, 1.807) is 0 Å². The van der Waals surface area contributed by atoms with Crippen LogP contribution in [-0.4, -0.2) is 34.6 Å². The lowest BCUT2D eigenvalue weighted by molar-refractivity contribution is -0.137. The van der Waals surface area contributed by atoms with Gasteiger partial charge in [0.25, 0.3) is 0 Å². The number of carboxylic acid groups (broad SMARTS) is 1. The molecule has 0 bridgehead atoms. The third-order valence-electron chi connectivity index (χ3n) is 3.14. The summed E-state index contributed by atoms with van der Waals surface area (Å²) in [5, 5.41) is 11.6. The van der Waals surface area contributed by atoms with Gasteiger partial charge in [-0.05, 0) is 51.0 Å². The number of carbonyl (C=O) groups is 2. The maximum absolute atomic E-state index is 12.3. The van der Waals surface area contributed by atoms with Gasteiger partial charge in [0.05, 0.1) is 6.42 Å². The van der Waals surface area contributed by atoms with Crippen molar-refractivity contribution < 1.29 is 14.7 Å². The molecule has 116 valence electrons. The Morgan fingerprint density at radius 1 is 1.29 bits per heavy atom. The second-order valence-electron chi connectivity index (χ2n) is 5.29. The number of nitrogens with zero attached hydrogens (tertiary/aromatic N) is 1. The second-order valence-corrected chi connectivity index (χ2v) is 6.08. The Kier molecular flexibility index (Phi) is 6.20. The zero-order valence-electron chi connectivity index (χ0n) is 12.7. The number of aliphatic carboxylic acids is 1. The quantitative estimate of drug-likeness (QED) is 0.843. The van der Waals surface area contributed by atoms with Gasteiger partial charge in [-0.1, -0.05) is 15.9 Å². The predicted molar refractivity (Wildman–Crippen MR) is 86.7 cm³/mol. The van der Waals surface area contributed by atoms with Gasteiger partial charge in [-0.25, -0.2) is 4.79 Å². The number of carbonyl (C=O) groups excluding carboxylic acids is 1. The molecule has 0 aliphatic carbocycles. The number of hydrogen-bond donors (Lipinski definition) is 2. The fourth-order valence-electron chi connectivity index (χ4n) is 2.02. The molecule has 6 heteroatoms. The number of carboxylic acids is 1. The van der Waals surface area contributed by atoms with E-state index in [4.69, 9.17) is 5.11 Å². The maximum atomic E-state index is 12.3. The molecule has 0 atom stereocenters. The largest absolute Gasteiger partial charge is 0.481 e. The first-order valence-electron chi connectivity index (χ1n) is 6.78. The molecule has 0 heterocycles. The van der Waals surface area contributed by atoms with E-state index in [2.05, 4.69) is 21.2 Å². The normalized spacial score (nSPS) is 10.6. The number of aryl methyl sites for hydroxylation is 2. The maximum Gasteiger partial charge on any atom is 0.322 e. The minimum atomic E-state index is -0.913. The molecule has 0 aliphatic rings. The molecular formula is C15H21BrN2O3. The van der Waals surface area contributed by atoms with Gasteiger partial charge in [0, 0.05) is 22.7 Å². The zero-order chi connectivity index (χ0) is 16.2. The van der Waals surface area contributed by atoms with Crippen molar-refractivity contribution in [1.82, 2.24) is 4.90 Å². The van der Waals surface area contributed by atoms with E-state index in [1.165, 1.54) is 4.90 Å². The van der Waals surface area contributed by atoms with Crippen molar-refractivity contribution in [2.24, 2.45) is 0 Å². The van der Waals surface area contributed by atoms with Gasteiger partial charge in [-0.3, -0.25) is 4.79 Å². The van der Waals surface area contributed by atoms with Gasteiger partial charge >= 0.3 is 12.0 Å². The SMILES string of the molecule is Cc1cc(NC(=O)N(CCC(=O)O)C(C)C)cc(C)c1Br. The third-order valence-corrected chi connectivity index (χ3v) is 4.39. The van der Waals surface area contributed by atoms with Crippen molar-refractivity contribution in [3.05, 3.63) is 27.7 Å². The Labute approximate surface area is 133 Å². The average molecular weight is 357 g/mol. The summed E-state index contributed by atoms with van der Waals surface area (Å²) in [5.74, 6) is -0.913. The van der Waals surface area contributed by atoms with Crippen LogP contribution in [-0.2, 0) is 4.79 Å². The van der Waals surface area contributed by atoms with Crippen molar-refractivity contribution in [2.75, 3.05) is 11.9 Å². The lowest BCUT2D eigenvalue weighted by atomic mass is 10.1. The van der Waals surface area contributed by atoms with Crippen LogP contribution in [0, 0.1) is 13.8 Å². The van der Waals surface area contributed by atoms with Crippen molar-refractivity contribution in [3.8, 4) is 0 Å². The summed E-state index contributed by atoms with van der Waals surface area (Å²) < 4.78 is 1.02. The molecule has 0 saturated heterocycles. The van der Waals surface area contributed by atoms with Crippen molar-refractivity contribution in [2.45, 2.75) is 40.2 Å². The highest BCUT2D eigenvalue weighted by atomic mass is 79.9. The number of halogens is 1. The molecule has 0 saturated carbocycles. The summed E-state index contributed by atoms with van der Waals surface area (Å²) in [6.07, 6.45) is -0.0655. The molecule has 0 unspecified atom stereocenters. The number of amides is 2. The second kappa shape index (κ2) is 7.45. The van der Waals surface area contributed by atoms with E-state index in [1.807, 2.05) is 39.8 Å². The third kappa shape index (κ3) is 5.04. The van der Waals surface area contributed by atoms with Crippen LogP contribution in [0.3, 0.4) is 0 Å². The van der Waals surface area contributed by atoms with Crippen LogP contribution in [0.25, 0.3) is 0 Å². The summed E-state index contributed by atoms with van der Waals surface area (Å²) >= 11 is 3.48. The summed E-state index contributed by atoms with van der Waals surface area (Å²) in [7, 11) is 0. The first-order valence-corrected chi connectivity index (χ1v) is 7.57. The molecule has 0 aromatic heterocycles. The molecule has 2 N–H and O–H groups in total. The van der Waals surface area contributed by atoms with E-state index >= 15 is 0 Å². The van der Waals surface area contributed by atoms with Crippen LogP contribution in [0.15, 0.2) is 16.6 Å². The summed E-state index contributed by atoms with van der Waals surface area (Å²) in [5.41, 5.74) is 2.78. The van der Waals surface area contributed by atoms with Crippen LogP contribution in [0.5, 0.6) is 0 Å². The molecular weight excluding hydrogens is 336 g/mol. The molecule has 1 aromatic rings. The molecule has 0 radical (unpaired) electrons. The van der Waals surface area contributed by atoms with Gasteiger partial charge in [-0.2, -0.15) is 0 Å². The van der Waals surface area contributed by atoms with Crippen LogP contribution in [0.4, 0.5) is 10.5 Å². The van der Waals surface area contributed by atoms with Crippen molar-refractivity contribution in [1.29, 1.82) is 0 Å². The first kappa shape index (κ1) is 17.5. The smallest absolute Gasteiger partial charge is 0.322 e. The highest BCUT2D eigenvalue weighted by molar-refractivity contribution is 9.10. The Bertz CT molecular complexity index is 521. The Balaban J connectivity index is 2.84. The molecule has 5 nitrogen and oxygen atoms in total. The molecule has 0 aliphatic heterocycles. The molecule has 21 heavy (non-hydrogen) atoms. The highest BCUT2D eigenvalue weighted by Crippen LogP contribution is 2.25. The van der Waals surface area contributed by atoms with E-state index in [-0.39, 0.29) is 25.0 Å². The minimum Gasteiger partial charge on any atom is -0.481 e. The predicted octanol–water partition coefficient (Wildman–Crippen LogP) is 3.78. The minimum absolute atomic E-state index is 0.0655. The Hall–Kier alpha value is -1.56. The van der Waals surface area contributed by atoms with Crippen molar-refractivity contribution in [3.63, 3.8) is 0 Å². The zero-order valence-corrected chi connectivity index (χ0v) is 14.3. The van der Waals surface area contributed by atoms with Crippen LogP contribution in [0.2, 0.25) is 0 Å². The molecule has 0 spiro atoms. The molecule has 1 rings (SSSR count). The van der Waals surface area contributed by atoms with E-state index in [0.29, 0.717) is 5.69 Å². The number of rotatable bonds is 5. The number of anilines is 1. The van der Waals surface area contributed by atoms with Gasteiger partial charge in [0.15, 0.2) is 0 Å². The average Bonchev–Trinajstić information content (AvgIpc) is 2.35. The summed E-state index contributed by atoms with van der Waals surface area (Å²) in [4.78, 5) is 24.5. The fraction of sp³-hybridized carbons (Fsp3) is 0.467. The van der Waals surface area contributed by atoms with Crippen LogP contribution < -0.4 is 5.32 Å². The van der Waals surface area contributed by atoms with E-state index in [9.17, 15) is 9.59 Å². The fourth-order valence-corrected chi connectivity index (χ4v) is 2.25. The van der Waals surface area contributed by atoms with Gasteiger partial charge in [-0.15, -0.1) is 0 Å². The van der Waals surface area contributed by atoms with Gasteiger partial charge in [0.1, 0.15) is 0 Å². The number of urea groups is 1. The van der Waals surface area contributed by atoms with Gasteiger partial charge in [0.2, 0.25) is 0 Å². The monoisotopic (exact) mass is 356 g/mol. The van der Waals surface area contributed by atoms with Crippen molar-refractivity contribution >= 4 is 33.6 Å². The standard InChI is InChI=1S/C15H21BrN2O3/c1-9(2)18(6-5-13(19)20)15(21)17-12-7-10(3)14(16)11(4)8-12/h7-9H,5-6H2,1-4H3,(H,17,21)(H,19,20). The number of hydrogen-bond acceptors (Lipinski definition) is 2. The van der Waals surface area contributed by atoms with Crippen LogP contribution >= 0.6 is 15.9 Å². The first-order chi connectivity index (χ1) is 9.72. The number of benzene rings is 1. The Morgan fingerprint density at radius 2 is 1.81 bits per heavy atom. The highest BCUT2D eigenvalue weighted by Gasteiger charge is 2.18. The van der Waals surface area contributed by atoms with Crippen LogP contribution in [0.1, 0.15) is 31.4 Å². The lowest BCUT2D eigenvalue weighted by Gasteiger charge is -2.26. The molecule has 2 amide bonds. The van der Waals surface area contributed by atoms with E-state index < -0.39 is 5.97 Å². The van der Waals surface area contributed by atoms with E-state index in [0.717, 1.165) is 15.6 Å². The summed E-state index contributed by atoms with van der Waals surface area (Å²) in [6, 6.07) is 3.41. The molecule has 1 aromatic carbocycles. The molecule has 0 fully saturated rings. The Morgan fingerprint density at radius 3 is 2.24 bits per heavy atom. The summed E-state index contributed by atoms with van der Waals surface area (Å²) in [6.45, 7) is 7.82.